The average molecular weight is 383 g/mol. The molecule has 0 aromatic carbocycles. The highest BCUT2D eigenvalue weighted by Gasteiger charge is 2.40. The zero-order chi connectivity index (χ0) is 20.0. The van der Waals surface area contributed by atoms with Crippen LogP contribution < -0.4 is 0 Å². The molecule has 0 spiro atoms. The monoisotopic (exact) mass is 383 g/mol. The first-order valence-electron chi connectivity index (χ1n) is 9.45. The number of rotatable bonds is 7. The van der Waals surface area contributed by atoms with Crippen molar-refractivity contribution in [3.05, 3.63) is 0 Å². The van der Waals surface area contributed by atoms with Crippen molar-refractivity contribution < 1.29 is 29.1 Å². The SMILES string of the molecule is COC(=O)N(C)C(=O)[C@@H]1CCCN1C(=O)[C@H](CC1CCCC1)CN(O)C=O. The maximum absolute atomic E-state index is 13.1. The summed E-state index contributed by atoms with van der Waals surface area (Å²) in [6, 6.07) is -0.726. The minimum absolute atomic E-state index is 0.0942. The van der Waals surface area contributed by atoms with Gasteiger partial charge in [0.1, 0.15) is 6.04 Å². The molecule has 0 aromatic heterocycles. The van der Waals surface area contributed by atoms with Crippen LogP contribution in [-0.4, -0.2) is 77.7 Å². The Labute approximate surface area is 159 Å². The summed E-state index contributed by atoms with van der Waals surface area (Å²) < 4.78 is 4.58. The van der Waals surface area contributed by atoms with Crippen LogP contribution in [0.15, 0.2) is 0 Å². The zero-order valence-electron chi connectivity index (χ0n) is 16.0. The fourth-order valence-corrected chi connectivity index (χ4v) is 4.14. The Kier molecular flexibility index (Phi) is 7.58. The lowest BCUT2D eigenvalue weighted by Crippen LogP contribution is -2.51. The number of carbonyl (C=O) groups excluding carboxylic acids is 4. The van der Waals surface area contributed by atoms with E-state index < -0.39 is 24.0 Å². The molecule has 9 nitrogen and oxygen atoms in total. The predicted octanol–water partition coefficient (Wildman–Crippen LogP) is 1.25. The number of likely N-dealkylation sites (tertiary alicyclic amines) is 1. The van der Waals surface area contributed by atoms with E-state index in [4.69, 9.17) is 0 Å². The van der Waals surface area contributed by atoms with E-state index in [1.807, 2.05) is 0 Å². The Bertz CT molecular complexity index is 563. The molecule has 0 radical (unpaired) electrons. The molecule has 2 aliphatic rings. The quantitative estimate of drug-likeness (QED) is 0.403. The van der Waals surface area contributed by atoms with Crippen LogP contribution in [0.25, 0.3) is 0 Å². The highest BCUT2D eigenvalue weighted by atomic mass is 16.5. The molecule has 1 saturated carbocycles. The number of hydroxylamine groups is 2. The second-order valence-electron chi connectivity index (χ2n) is 7.37. The van der Waals surface area contributed by atoms with Crippen LogP contribution >= 0.6 is 0 Å². The number of imide groups is 1. The van der Waals surface area contributed by atoms with E-state index in [0.29, 0.717) is 36.8 Å². The third kappa shape index (κ3) is 5.18. The normalized spacial score (nSPS) is 21.0. The summed E-state index contributed by atoms with van der Waals surface area (Å²) in [7, 11) is 2.52. The molecule has 2 fully saturated rings. The molecule has 1 saturated heterocycles. The minimum atomic E-state index is -0.774. The number of ether oxygens (including phenoxy) is 1. The van der Waals surface area contributed by atoms with Gasteiger partial charge in [-0.1, -0.05) is 25.7 Å². The van der Waals surface area contributed by atoms with Crippen LogP contribution in [0.5, 0.6) is 0 Å². The van der Waals surface area contributed by atoms with Crippen LogP contribution in [0.1, 0.15) is 44.9 Å². The Morgan fingerprint density at radius 2 is 1.89 bits per heavy atom. The van der Waals surface area contributed by atoms with E-state index in [1.54, 1.807) is 0 Å². The van der Waals surface area contributed by atoms with Gasteiger partial charge in [-0.25, -0.2) is 14.8 Å². The smallest absolute Gasteiger partial charge is 0.416 e. The van der Waals surface area contributed by atoms with Crippen LogP contribution in [0.4, 0.5) is 4.79 Å². The molecule has 1 heterocycles. The molecule has 1 aliphatic heterocycles. The summed E-state index contributed by atoms with van der Waals surface area (Å²) in [6.45, 7) is 0.320. The van der Waals surface area contributed by atoms with Gasteiger partial charge in [0.05, 0.1) is 19.6 Å². The number of hydrogen-bond donors (Lipinski definition) is 1. The van der Waals surface area contributed by atoms with Crippen molar-refractivity contribution in [2.75, 3.05) is 27.2 Å². The maximum Gasteiger partial charge on any atom is 0.416 e. The largest absolute Gasteiger partial charge is 0.452 e. The Balaban J connectivity index is 2.12. The van der Waals surface area contributed by atoms with Crippen molar-refractivity contribution in [3.63, 3.8) is 0 Å². The molecule has 2 rings (SSSR count). The summed E-state index contributed by atoms with van der Waals surface area (Å²) in [5.41, 5.74) is 0. The highest BCUT2D eigenvalue weighted by Crippen LogP contribution is 2.32. The maximum atomic E-state index is 13.1. The number of amides is 4. The Morgan fingerprint density at radius 3 is 2.48 bits per heavy atom. The summed E-state index contributed by atoms with van der Waals surface area (Å²) in [6.07, 6.45) is 5.52. The summed E-state index contributed by atoms with van der Waals surface area (Å²) in [4.78, 5) is 50.6. The van der Waals surface area contributed by atoms with Gasteiger partial charge in [0.2, 0.25) is 12.3 Å². The van der Waals surface area contributed by atoms with Gasteiger partial charge in [0, 0.05) is 13.6 Å². The Morgan fingerprint density at radius 1 is 1.22 bits per heavy atom. The lowest BCUT2D eigenvalue weighted by Gasteiger charge is -2.31. The average Bonchev–Trinajstić information content (AvgIpc) is 3.36. The van der Waals surface area contributed by atoms with Gasteiger partial charge in [-0.2, -0.15) is 0 Å². The summed E-state index contributed by atoms with van der Waals surface area (Å²) in [5, 5.41) is 10.1. The lowest BCUT2D eigenvalue weighted by atomic mass is 9.91. The zero-order valence-corrected chi connectivity index (χ0v) is 16.0. The molecule has 2 atom stereocenters. The van der Waals surface area contributed by atoms with Crippen molar-refractivity contribution in [2.45, 2.75) is 51.0 Å². The van der Waals surface area contributed by atoms with Gasteiger partial charge in [0.25, 0.3) is 5.91 Å². The third-order valence-electron chi connectivity index (χ3n) is 5.57. The number of nitrogens with zero attached hydrogens (tertiary/aromatic N) is 3. The molecule has 1 N–H and O–H groups in total. The number of carbonyl (C=O) groups is 4. The van der Waals surface area contributed by atoms with E-state index in [2.05, 4.69) is 4.74 Å². The molecular weight excluding hydrogens is 354 g/mol. The van der Waals surface area contributed by atoms with Crippen molar-refractivity contribution in [2.24, 2.45) is 11.8 Å². The van der Waals surface area contributed by atoms with Crippen LogP contribution in [0, 0.1) is 11.8 Å². The van der Waals surface area contributed by atoms with E-state index in [1.165, 1.54) is 19.1 Å². The standard InChI is InChI=1S/C18H29N3O6/c1-19(18(25)27-2)17(24)15-8-5-9-21(15)16(23)14(11-20(26)12-22)10-13-6-3-4-7-13/h12-15,26H,3-11H2,1-2H3/t14-,15+/m1/s1. The molecule has 1 aliphatic carbocycles. The van der Waals surface area contributed by atoms with Gasteiger partial charge in [-0.05, 0) is 25.2 Å². The third-order valence-corrected chi connectivity index (χ3v) is 5.57. The molecule has 0 unspecified atom stereocenters. The lowest BCUT2D eigenvalue weighted by molar-refractivity contribution is -0.158. The first-order chi connectivity index (χ1) is 12.9. The van der Waals surface area contributed by atoms with Crippen molar-refractivity contribution in [1.29, 1.82) is 0 Å². The molecule has 0 bridgehead atoms. The van der Waals surface area contributed by atoms with Gasteiger partial charge < -0.3 is 9.64 Å². The first kappa shape index (κ1) is 21.1. The number of likely N-dealkylation sites (N-methyl/N-ethyl adjacent to an activating group) is 1. The van der Waals surface area contributed by atoms with Gasteiger partial charge >= 0.3 is 6.09 Å². The van der Waals surface area contributed by atoms with Crippen LogP contribution in [0.2, 0.25) is 0 Å². The van der Waals surface area contributed by atoms with E-state index >= 15 is 0 Å². The van der Waals surface area contributed by atoms with Crippen molar-refractivity contribution in [3.8, 4) is 0 Å². The molecule has 152 valence electrons. The van der Waals surface area contributed by atoms with E-state index in [0.717, 1.165) is 30.6 Å². The second kappa shape index (κ2) is 9.68. The van der Waals surface area contributed by atoms with Gasteiger partial charge in [0.15, 0.2) is 0 Å². The topological polar surface area (TPSA) is 107 Å². The summed E-state index contributed by atoms with van der Waals surface area (Å²) >= 11 is 0. The van der Waals surface area contributed by atoms with E-state index in [-0.39, 0.29) is 18.9 Å². The van der Waals surface area contributed by atoms with Crippen molar-refractivity contribution in [1.82, 2.24) is 14.9 Å². The summed E-state index contributed by atoms with van der Waals surface area (Å²) in [5.74, 6) is -0.922. The minimum Gasteiger partial charge on any atom is -0.452 e. The fourth-order valence-electron chi connectivity index (χ4n) is 4.14. The molecule has 0 aromatic rings. The molecule has 4 amide bonds. The van der Waals surface area contributed by atoms with Gasteiger partial charge in [-0.15, -0.1) is 0 Å². The second-order valence-corrected chi connectivity index (χ2v) is 7.37. The number of hydrogen-bond acceptors (Lipinski definition) is 6. The van der Waals surface area contributed by atoms with Crippen molar-refractivity contribution >= 4 is 24.3 Å². The highest BCUT2D eigenvalue weighted by molar-refractivity contribution is 5.97. The van der Waals surface area contributed by atoms with Gasteiger partial charge in [-0.3, -0.25) is 19.6 Å². The van der Waals surface area contributed by atoms with E-state index in [9.17, 15) is 24.4 Å². The molecular formula is C18H29N3O6. The molecule has 27 heavy (non-hydrogen) atoms. The first-order valence-corrected chi connectivity index (χ1v) is 9.45. The fraction of sp³-hybridized carbons (Fsp3) is 0.778. The predicted molar refractivity (Wildman–Crippen MR) is 94.5 cm³/mol. The number of methoxy groups -OCH3 is 1. The van der Waals surface area contributed by atoms with Crippen LogP contribution in [-0.2, 0) is 19.1 Å². The van der Waals surface area contributed by atoms with Crippen LogP contribution in [0.3, 0.4) is 0 Å². The molecule has 9 heteroatoms. The Hall–Kier alpha value is -2.16.